The Balaban J connectivity index is 1.68. The second kappa shape index (κ2) is 7.69. The van der Waals surface area contributed by atoms with Crippen molar-refractivity contribution in [3.63, 3.8) is 0 Å². The van der Waals surface area contributed by atoms with Gasteiger partial charge in [-0.15, -0.1) is 11.3 Å². The van der Waals surface area contributed by atoms with E-state index in [2.05, 4.69) is 32.4 Å². The monoisotopic (exact) mass is 348 g/mol. The molecule has 1 aliphatic rings. The molecule has 0 aliphatic carbocycles. The Morgan fingerprint density at radius 1 is 1.38 bits per heavy atom. The van der Waals surface area contributed by atoms with E-state index < -0.39 is 0 Å². The number of nitrogens with zero attached hydrogens (tertiary/aromatic N) is 4. The standard InChI is InChI=1S/C16H21FN6S/c1-22-4-6-23(7-5-22)10-13-8-14(17)3-2-12(13)9-19-21-16-20-15(18)11-24-16/h2-3,8-9,11H,4-7,10,18H2,1H3,(H,20,21). The minimum atomic E-state index is -0.225. The predicted molar refractivity (Wildman–Crippen MR) is 96.9 cm³/mol. The van der Waals surface area contributed by atoms with Gasteiger partial charge < -0.3 is 10.6 Å². The van der Waals surface area contributed by atoms with Crippen LogP contribution in [0.2, 0.25) is 0 Å². The molecule has 8 heteroatoms. The molecular formula is C16H21FN6S. The van der Waals surface area contributed by atoms with E-state index in [9.17, 15) is 4.39 Å². The quantitative estimate of drug-likeness (QED) is 0.639. The average molecular weight is 348 g/mol. The summed E-state index contributed by atoms with van der Waals surface area (Å²) in [6.07, 6.45) is 1.70. The average Bonchev–Trinajstić information content (AvgIpc) is 2.97. The molecule has 0 spiro atoms. The highest BCUT2D eigenvalue weighted by Gasteiger charge is 2.15. The summed E-state index contributed by atoms with van der Waals surface area (Å²) in [6, 6.07) is 4.79. The highest BCUT2D eigenvalue weighted by atomic mass is 32.1. The van der Waals surface area contributed by atoms with Crippen LogP contribution in [0.15, 0.2) is 28.7 Å². The van der Waals surface area contributed by atoms with Crippen LogP contribution in [0.4, 0.5) is 15.3 Å². The number of hydrogen-bond donors (Lipinski definition) is 2. The zero-order valence-electron chi connectivity index (χ0n) is 13.6. The number of nitrogen functional groups attached to an aromatic ring is 1. The molecule has 0 atom stereocenters. The first-order valence-electron chi connectivity index (χ1n) is 7.79. The first-order valence-corrected chi connectivity index (χ1v) is 8.67. The SMILES string of the molecule is CN1CCN(Cc2cc(F)ccc2C=NNc2nc(N)cs2)CC1. The molecule has 1 aliphatic heterocycles. The minimum absolute atomic E-state index is 0.225. The summed E-state index contributed by atoms with van der Waals surface area (Å²) in [4.78, 5) is 8.71. The van der Waals surface area contributed by atoms with Crippen molar-refractivity contribution < 1.29 is 4.39 Å². The van der Waals surface area contributed by atoms with E-state index in [1.807, 2.05) is 0 Å². The van der Waals surface area contributed by atoms with Crippen molar-refractivity contribution in [3.05, 3.63) is 40.5 Å². The molecule has 6 nitrogen and oxygen atoms in total. The fourth-order valence-corrected chi connectivity index (χ4v) is 3.13. The Bertz CT molecular complexity index is 708. The maximum atomic E-state index is 13.6. The fourth-order valence-electron chi connectivity index (χ4n) is 2.58. The van der Waals surface area contributed by atoms with Crippen LogP contribution < -0.4 is 11.2 Å². The zero-order chi connectivity index (χ0) is 16.9. The van der Waals surface area contributed by atoms with Crippen LogP contribution >= 0.6 is 11.3 Å². The molecule has 0 saturated carbocycles. The molecule has 0 radical (unpaired) electrons. The number of rotatable bonds is 5. The van der Waals surface area contributed by atoms with E-state index in [1.54, 1.807) is 23.7 Å². The zero-order valence-corrected chi connectivity index (χ0v) is 14.4. The van der Waals surface area contributed by atoms with E-state index >= 15 is 0 Å². The normalized spacial score (nSPS) is 16.8. The van der Waals surface area contributed by atoms with Crippen LogP contribution in [0.5, 0.6) is 0 Å². The van der Waals surface area contributed by atoms with Gasteiger partial charge in [-0.05, 0) is 30.3 Å². The van der Waals surface area contributed by atoms with Crippen molar-refractivity contribution >= 4 is 28.5 Å². The minimum Gasteiger partial charge on any atom is -0.383 e. The van der Waals surface area contributed by atoms with Gasteiger partial charge in [0.05, 0.1) is 6.21 Å². The third kappa shape index (κ3) is 4.50. The lowest BCUT2D eigenvalue weighted by Gasteiger charge is -2.32. The number of likely N-dealkylation sites (N-methyl/N-ethyl adjacent to an activating group) is 1. The van der Waals surface area contributed by atoms with Gasteiger partial charge in [0.2, 0.25) is 5.13 Å². The number of anilines is 2. The van der Waals surface area contributed by atoms with E-state index in [0.717, 1.165) is 43.9 Å². The number of nitrogens with one attached hydrogen (secondary N) is 1. The van der Waals surface area contributed by atoms with E-state index in [4.69, 9.17) is 5.73 Å². The highest BCUT2D eigenvalue weighted by molar-refractivity contribution is 7.14. The van der Waals surface area contributed by atoms with Crippen molar-refractivity contribution in [3.8, 4) is 0 Å². The third-order valence-electron chi connectivity index (χ3n) is 3.98. The van der Waals surface area contributed by atoms with Crippen molar-refractivity contribution in [2.45, 2.75) is 6.54 Å². The smallest absolute Gasteiger partial charge is 0.205 e. The Morgan fingerprint density at radius 3 is 2.88 bits per heavy atom. The Kier molecular flexibility index (Phi) is 5.39. The summed E-state index contributed by atoms with van der Waals surface area (Å²) in [5, 5.41) is 6.56. The van der Waals surface area contributed by atoms with E-state index in [1.165, 1.54) is 17.4 Å². The molecule has 1 aromatic carbocycles. The molecule has 1 fully saturated rings. The summed E-state index contributed by atoms with van der Waals surface area (Å²) < 4.78 is 13.6. The number of hydrazone groups is 1. The maximum Gasteiger partial charge on any atom is 0.205 e. The van der Waals surface area contributed by atoms with Gasteiger partial charge in [0.1, 0.15) is 11.6 Å². The van der Waals surface area contributed by atoms with Gasteiger partial charge in [0.25, 0.3) is 0 Å². The van der Waals surface area contributed by atoms with Crippen molar-refractivity contribution in [1.29, 1.82) is 0 Å². The summed E-state index contributed by atoms with van der Waals surface area (Å²) in [7, 11) is 2.12. The predicted octanol–water partition coefficient (Wildman–Crippen LogP) is 2.06. The number of thiazole rings is 1. The Labute approximate surface area is 144 Å². The van der Waals surface area contributed by atoms with Crippen LogP contribution in [0.25, 0.3) is 0 Å². The molecular weight excluding hydrogens is 327 g/mol. The summed E-state index contributed by atoms with van der Waals surface area (Å²) in [5.41, 5.74) is 10.3. The molecule has 2 heterocycles. The molecule has 0 bridgehead atoms. The van der Waals surface area contributed by atoms with Gasteiger partial charge in [-0.1, -0.05) is 6.07 Å². The van der Waals surface area contributed by atoms with Crippen LogP contribution in [-0.2, 0) is 6.54 Å². The van der Waals surface area contributed by atoms with E-state index in [0.29, 0.717) is 10.9 Å². The molecule has 24 heavy (non-hydrogen) atoms. The first kappa shape index (κ1) is 16.8. The molecule has 3 N–H and O–H groups in total. The molecule has 3 rings (SSSR count). The second-order valence-electron chi connectivity index (χ2n) is 5.87. The van der Waals surface area contributed by atoms with Crippen molar-refractivity contribution in [2.75, 3.05) is 44.4 Å². The number of halogens is 1. The lowest BCUT2D eigenvalue weighted by atomic mass is 10.1. The number of aromatic nitrogens is 1. The van der Waals surface area contributed by atoms with Gasteiger partial charge in [0.15, 0.2) is 0 Å². The molecule has 1 aromatic heterocycles. The maximum absolute atomic E-state index is 13.6. The number of benzene rings is 1. The number of piperazine rings is 1. The van der Waals surface area contributed by atoms with Gasteiger partial charge in [-0.25, -0.2) is 9.37 Å². The lowest BCUT2D eigenvalue weighted by molar-refractivity contribution is 0.148. The van der Waals surface area contributed by atoms with Crippen LogP contribution in [0.1, 0.15) is 11.1 Å². The summed E-state index contributed by atoms with van der Waals surface area (Å²) in [6.45, 7) is 4.76. The third-order valence-corrected chi connectivity index (χ3v) is 4.75. The fraction of sp³-hybridized carbons (Fsp3) is 0.375. The van der Waals surface area contributed by atoms with Crippen LogP contribution in [0, 0.1) is 5.82 Å². The van der Waals surface area contributed by atoms with Gasteiger partial charge in [-0.2, -0.15) is 5.10 Å². The van der Waals surface area contributed by atoms with E-state index in [-0.39, 0.29) is 5.82 Å². The van der Waals surface area contributed by atoms with Gasteiger partial charge in [0, 0.05) is 38.1 Å². The lowest BCUT2D eigenvalue weighted by Crippen LogP contribution is -2.44. The first-order chi connectivity index (χ1) is 11.6. The van der Waals surface area contributed by atoms with Gasteiger partial charge >= 0.3 is 0 Å². The number of hydrogen-bond acceptors (Lipinski definition) is 7. The summed E-state index contributed by atoms with van der Waals surface area (Å²) in [5.74, 6) is 0.243. The van der Waals surface area contributed by atoms with Crippen LogP contribution in [-0.4, -0.2) is 54.2 Å². The molecule has 128 valence electrons. The number of nitrogens with two attached hydrogens (primary N) is 1. The Morgan fingerprint density at radius 2 is 2.17 bits per heavy atom. The second-order valence-corrected chi connectivity index (χ2v) is 6.73. The molecule has 1 saturated heterocycles. The molecule has 2 aromatic rings. The molecule has 0 amide bonds. The Hall–Kier alpha value is -2.03. The summed E-state index contributed by atoms with van der Waals surface area (Å²) >= 11 is 1.39. The van der Waals surface area contributed by atoms with Crippen LogP contribution in [0.3, 0.4) is 0 Å². The highest BCUT2D eigenvalue weighted by Crippen LogP contribution is 2.17. The topological polar surface area (TPSA) is 69.8 Å². The van der Waals surface area contributed by atoms with Crippen molar-refractivity contribution in [1.82, 2.24) is 14.8 Å². The molecule has 0 unspecified atom stereocenters. The van der Waals surface area contributed by atoms with Gasteiger partial charge in [-0.3, -0.25) is 10.3 Å². The van der Waals surface area contributed by atoms with Crippen molar-refractivity contribution in [2.24, 2.45) is 5.10 Å². The largest absolute Gasteiger partial charge is 0.383 e.